The second kappa shape index (κ2) is 7.35. The number of aryl methyl sites for hydroxylation is 1. The standard InChI is InChI=1S/C22H21N5O3S/c1-3-18-25-26-20(31-18)24-19(28)13-7-6-8-14(11-13)27-21(29)23-16-12-22(27,2)30-17-10-5-4-9-15(16)17/h4-11,16H,3,12H2,1-2H3,(H,23,29)(H,24,26,28)/t16-,22+/m0/s1. The molecule has 2 bridgehead atoms. The van der Waals surface area contributed by atoms with E-state index < -0.39 is 5.72 Å². The highest BCUT2D eigenvalue weighted by atomic mass is 32.1. The molecule has 1 fully saturated rings. The third-order valence-electron chi connectivity index (χ3n) is 5.54. The van der Waals surface area contributed by atoms with Crippen LogP contribution >= 0.6 is 11.3 Å². The van der Waals surface area contributed by atoms with Crippen molar-refractivity contribution in [2.75, 3.05) is 10.2 Å². The van der Waals surface area contributed by atoms with Crippen molar-refractivity contribution < 1.29 is 14.3 Å². The number of carbonyl (C=O) groups excluding carboxylic acids is 2. The number of para-hydroxylation sites is 1. The van der Waals surface area contributed by atoms with Crippen molar-refractivity contribution in [1.82, 2.24) is 15.5 Å². The Morgan fingerprint density at radius 2 is 2.13 bits per heavy atom. The number of benzene rings is 2. The van der Waals surface area contributed by atoms with Gasteiger partial charge in [0.25, 0.3) is 5.91 Å². The van der Waals surface area contributed by atoms with Crippen molar-refractivity contribution >= 4 is 34.1 Å². The molecule has 2 aliphatic heterocycles. The van der Waals surface area contributed by atoms with Crippen LogP contribution in [0.5, 0.6) is 5.75 Å². The molecule has 3 amide bonds. The maximum atomic E-state index is 13.0. The average Bonchev–Trinajstić information content (AvgIpc) is 3.21. The van der Waals surface area contributed by atoms with Gasteiger partial charge in [-0.15, -0.1) is 10.2 Å². The van der Waals surface area contributed by atoms with Gasteiger partial charge in [-0.1, -0.05) is 42.5 Å². The summed E-state index contributed by atoms with van der Waals surface area (Å²) in [5, 5.41) is 15.2. The van der Waals surface area contributed by atoms with Crippen LogP contribution in [0.3, 0.4) is 0 Å². The van der Waals surface area contributed by atoms with Gasteiger partial charge >= 0.3 is 6.03 Å². The summed E-state index contributed by atoms with van der Waals surface area (Å²) in [6.45, 7) is 3.88. The van der Waals surface area contributed by atoms with E-state index in [1.807, 2.05) is 38.1 Å². The zero-order chi connectivity index (χ0) is 21.6. The molecule has 0 radical (unpaired) electrons. The fourth-order valence-corrected chi connectivity index (χ4v) is 4.79. The largest absolute Gasteiger partial charge is 0.467 e. The fraction of sp³-hybridized carbons (Fsp3) is 0.273. The van der Waals surface area contributed by atoms with Crippen LogP contribution in [0.1, 0.15) is 47.2 Å². The van der Waals surface area contributed by atoms with Crippen molar-refractivity contribution in [3.8, 4) is 5.75 Å². The molecular formula is C22H21N5O3S. The summed E-state index contributed by atoms with van der Waals surface area (Å²) in [6, 6.07) is 14.3. The minimum Gasteiger partial charge on any atom is -0.467 e. The van der Waals surface area contributed by atoms with Gasteiger partial charge in [0.15, 0.2) is 5.72 Å². The number of amides is 3. The van der Waals surface area contributed by atoms with Crippen molar-refractivity contribution in [3.05, 3.63) is 64.7 Å². The van der Waals surface area contributed by atoms with Crippen LogP contribution in [0, 0.1) is 0 Å². The Morgan fingerprint density at radius 1 is 1.29 bits per heavy atom. The van der Waals surface area contributed by atoms with Crippen molar-refractivity contribution in [1.29, 1.82) is 0 Å². The van der Waals surface area contributed by atoms with E-state index in [1.165, 1.54) is 11.3 Å². The first-order chi connectivity index (χ1) is 15.0. The quantitative estimate of drug-likeness (QED) is 0.643. The first-order valence-electron chi connectivity index (χ1n) is 10.1. The molecule has 0 spiro atoms. The van der Waals surface area contributed by atoms with Gasteiger partial charge in [-0.3, -0.25) is 15.0 Å². The number of urea groups is 1. The number of carbonyl (C=O) groups is 2. The predicted octanol–water partition coefficient (Wildman–Crippen LogP) is 4.12. The molecule has 3 heterocycles. The summed E-state index contributed by atoms with van der Waals surface area (Å²) in [6.07, 6.45) is 1.35. The molecule has 8 nitrogen and oxygen atoms in total. The number of ether oxygens (including phenoxy) is 1. The lowest BCUT2D eigenvalue weighted by Gasteiger charge is -2.50. The lowest BCUT2D eigenvalue weighted by atomic mass is 9.90. The number of anilines is 2. The zero-order valence-corrected chi connectivity index (χ0v) is 17.9. The maximum absolute atomic E-state index is 13.0. The summed E-state index contributed by atoms with van der Waals surface area (Å²) >= 11 is 1.34. The van der Waals surface area contributed by atoms with E-state index in [-0.39, 0.29) is 18.0 Å². The number of hydrogen-bond acceptors (Lipinski definition) is 6. The van der Waals surface area contributed by atoms with Gasteiger partial charge in [-0.2, -0.15) is 0 Å². The van der Waals surface area contributed by atoms with E-state index in [9.17, 15) is 9.59 Å². The van der Waals surface area contributed by atoms with Gasteiger partial charge in [-0.05, 0) is 37.6 Å². The van der Waals surface area contributed by atoms with E-state index >= 15 is 0 Å². The first-order valence-corrected chi connectivity index (χ1v) is 10.9. The lowest BCUT2D eigenvalue weighted by molar-refractivity contribution is 0.0378. The van der Waals surface area contributed by atoms with Gasteiger partial charge in [0.05, 0.1) is 11.7 Å². The van der Waals surface area contributed by atoms with Crippen molar-refractivity contribution in [3.63, 3.8) is 0 Å². The number of nitrogens with zero attached hydrogens (tertiary/aromatic N) is 3. The second-order valence-electron chi connectivity index (χ2n) is 7.72. The molecule has 0 unspecified atom stereocenters. The molecule has 1 saturated heterocycles. The Kier molecular flexibility index (Phi) is 4.62. The first kappa shape index (κ1) is 19.5. The molecular weight excluding hydrogens is 414 g/mol. The highest BCUT2D eigenvalue weighted by molar-refractivity contribution is 7.15. The van der Waals surface area contributed by atoms with Crippen LogP contribution in [0.25, 0.3) is 0 Å². The Labute approximate surface area is 183 Å². The third-order valence-corrected chi connectivity index (χ3v) is 6.52. The van der Waals surface area contributed by atoms with Gasteiger partial charge in [0.2, 0.25) is 5.13 Å². The molecule has 2 atom stereocenters. The maximum Gasteiger partial charge on any atom is 0.325 e. The number of rotatable bonds is 4. The molecule has 1 aromatic heterocycles. The van der Waals surface area contributed by atoms with Gasteiger partial charge in [0, 0.05) is 17.5 Å². The van der Waals surface area contributed by atoms with Gasteiger partial charge < -0.3 is 10.1 Å². The van der Waals surface area contributed by atoms with E-state index in [1.54, 1.807) is 29.2 Å². The third kappa shape index (κ3) is 3.40. The van der Waals surface area contributed by atoms with Crippen LogP contribution in [-0.2, 0) is 6.42 Å². The van der Waals surface area contributed by atoms with E-state index in [4.69, 9.17) is 4.74 Å². The average molecular weight is 436 g/mol. The van der Waals surface area contributed by atoms with Crippen molar-refractivity contribution in [2.45, 2.75) is 38.5 Å². The molecule has 3 aromatic rings. The fourth-order valence-electron chi connectivity index (χ4n) is 4.12. The monoisotopic (exact) mass is 435 g/mol. The lowest BCUT2D eigenvalue weighted by Crippen LogP contribution is -2.65. The van der Waals surface area contributed by atoms with Gasteiger partial charge in [-0.25, -0.2) is 4.79 Å². The van der Waals surface area contributed by atoms with Crippen LogP contribution in [0.2, 0.25) is 0 Å². The Bertz CT molecular complexity index is 1180. The molecule has 31 heavy (non-hydrogen) atoms. The summed E-state index contributed by atoms with van der Waals surface area (Å²) in [5.74, 6) is 0.444. The summed E-state index contributed by atoms with van der Waals surface area (Å²) in [4.78, 5) is 27.4. The smallest absolute Gasteiger partial charge is 0.325 e. The molecule has 2 N–H and O–H groups in total. The Morgan fingerprint density at radius 3 is 2.94 bits per heavy atom. The van der Waals surface area contributed by atoms with Gasteiger partial charge in [0.1, 0.15) is 10.8 Å². The number of nitrogens with one attached hydrogen (secondary N) is 2. The van der Waals surface area contributed by atoms with Crippen LogP contribution in [0.4, 0.5) is 15.6 Å². The summed E-state index contributed by atoms with van der Waals surface area (Å²) in [5.41, 5.74) is 1.10. The highest BCUT2D eigenvalue weighted by Crippen LogP contribution is 2.45. The second-order valence-corrected chi connectivity index (χ2v) is 8.78. The van der Waals surface area contributed by atoms with Crippen LogP contribution < -0.4 is 20.3 Å². The number of aromatic nitrogens is 2. The minimum atomic E-state index is -0.869. The topological polar surface area (TPSA) is 96.5 Å². The Hall–Kier alpha value is -3.46. The number of fused-ring (bicyclic) bond motifs is 4. The Balaban J connectivity index is 1.44. The molecule has 0 aliphatic carbocycles. The summed E-state index contributed by atoms with van der Waals surface area (Å²) < 4.78 is 6.29. The normalized spacial score (nSPS) is 21.7. The zero-order valence-electron chi connectivity index (χ0n) is 17.1. The predicted molar refractivity (Wildman–Crippen MR) is 118 cm³/mol. The van der Waals surface area contributed by atoms with Crippen LogP contribution in [0.15, 0.2) is 48.5 Å². The van der Waals surface area contributed by atoms with E-state index in [0.717, 1.165) is 22.7 Å². The highest BCUT2D eigenvalue weighted by Gasteiger charge is 2.49. The SMILES string of the molecule is CCc1nnc(NC(=O)c2cccc(N3C(=O)N[C@H]4C[C@@]3(C)Oc3ccccc34)c2)s1. The summed E-state index contributed by atoms with van der Waals surface area (Å²) in [7, 11) is 0. The minimum absolute atomic E-state index is 0.115. The molecule has 5 rings (SSSR count). The van der Waals surface area contributed by atoms with E-state index in [0.29, 0.717) is 22.8 Å². The molecule has 2 aromatic carbocycles. The van der Waals surface area contributed by atoms with Crippen LogP contribution in [-0.4, -0.2) is 27.9 Å². The molecule has 158 valence electrons. The van der Waals surface area contributed by atoms with E-state index in [2.05, 4.69) is 20.8 Å². The van der Waals surface area contributed by atoms with Crippen molar-refractivity contribution in [2.24, 2.45) is 0 Å². The molecule has 9 heteroatoms. The number of hydrogen-bond donors (Lipinski definition) is 2. The molecule has 2 aliphatic rings. The molecule has 0 saturated carbocycles.